The molecule has 1 amide bonds. The van der Waals surface area contributed by atoms with Crippen LogP contribution in [-0.2, 0) is 11.2 Å². The molecule has 0 heterocycles. The minimum absolute atomic E-state index is 0.00366. The van der Waals surface area contributed by atoms with Gasteiger partial charge in [-0.25, -0.2) is 0 Å². The van der Waals surface area contributed by atoms with Crippen LogP contribution < -0.4 is 10.1 Å². The quantitative estimate of drug-likeness (QED) is 0.821. The van der Waals surface area contributed by atoms with Crippen LogP contribution in [0.1, 0.15) is 54.4 Å². The van der Waals surface area contributed by atoms with Crippen LogP contribution in [0.4, 0.5) is 0 Å². The van der Waals surface area contributed by atoms with Crippen molar-refractivity contribution in [3.8, 4) is 5.75 Å². The molecule has 23 heavy (non-hydrogen) atoms. The van der Waals surface area contributed by atoms with Gasteiger partial charge in [-0.2, -0.15) is 0 Å². The average Bonchev–Trinajstić information content (AvgIpc) is 2.96. The van der Waals surface area contributed by atoms with Gasteiger partial charge in [0, 0.05) is 24.1 Å². The van der Waals surface area contributed by atoms with Crippen LogP contribution in [-0.4, -0.2) is 24.8 Å². The van der Waals surface area contributed by atoms with Crippen molar-refractivity contribution in [3.63, 3.8) is 0 Å². The summed E-state index contributed by atoms with van der Waals surface area (Å²) >= 11 is 0. The summed E-state index contributed by atoms with van der Waals surface area (Å²) in [5.74, 6) is 0.720. The molecule has 1 aromatic rings. The van der Waals surface area contributed by atoms with E-state index < -0.39 is 0 Å². The van der Waals surface area contributed by atoms with E-state index in [1.54, 1.807) is 0 Å². The number of benzene rings is 1. The summed E-state index contributed by atoms with van der Waals surface area (Å²) in [6.45, 7) is 0.670. The summed E-state index contributed by atoms with van der Waals surface area (Å²) in [6.07, 6.45) is 9.36. The molecule has 0 saturated heterocycles. The summed E-state index contributed by atoms with van der Waals surface area (Å²) < 4.78 is 5.62. The van der Waals surface area contributed by atoms with Gasteiger partial charge in [0.15, 0.2) is 12.4 Å². The average molecular weight is 313 g/mol. The second-order valence-corrected chi connectivity index (χ2v) is 6.20. The van der Waals surface area contributed by atoms with Crippen molar-refractivity contribution in [1.82, 2.24) is 5.32 Å². The van der Waals surface area contributed by atoms with Crippen molar-refractivity contribution in [2.45, 2.75) is 44.9 Å². The molecule has 3 rings (SSSR count). The van der Waals surface area contributed by atoms with Crippen LogP contribution in [0.25, 0.3) is 0 Å². The molecule has 0 aliphatic heterocycles. The second kappa shape index (κ2) is 7.44. The standard InChI is InChI=1S/C19H23NO3/c21-17-10-9-16-15(17)7-4-8-18(16)23-13-19(22)20-12-11-14-5-2-1-3-6-14/h4-5,7-8H,1-3,6,9-13H2,(H,20,22). The molecule has 4 heteroatoms. The first-order valence-corrected chi connectivity index (χ1v) is 8.46. The lowest BCUT2D eigenvalue weighted by atomic mass is 9.97. The van der Waals surface area contributed by atoms with Gasteiger partial charge in [0.2, 0.25) is 0 Å². The van der Waals surface area contributed by atoms with E-state index in [2.05, 4.69) is 11.4 Å². The number of carbonyl (C=O) groups excluding carboxylic acids is 2. The summed E-state index contributed by atoms with van der Waals surface area (Å²) in [5.41, 5.74) is 3.14. The fourth-order valence-electron chi connectivity index (χ4n) is 3.28. The molecule has 4 nitrogen and oxygen atoms in total. The van der Waals surface area contributed by atoms with Crippen molar-refractivity contribution in [2.24, 2.45) is 0 Å². The van der Waals surface area contributed by atoms with Crippen LogP contribution in [0.2, 0.25) is 0 Å². The number of Topliss-reactive ketones (excluding diaryl/α,β-unsaturated/α-hetero) is 1. The van der Waals surface area contributed by atoms with E-state index in [0.717, 1.165) is 24.0 Å². The first-order valence-electron chi connectivity index (χ1n) is 8.46. The van der Waals surface area contributed by atoms with Crippen LogP contribution in [0.5, 0.6) is 5.75 Å². The second-order valence-electron chi connectivity index (χ2n) is 6.20. The molecule has 0 aromatic heterocycles. The summed E-state index contributed by atoms with van der Waals surface area (Å²) in [4.78, 5) is 23.6. The van der Waals surface area contributed by atoms with E-state index in [1.807, 2.05) is 18.2 Å². The van der Waals surface area contributed by atoms with E-state index in [9.17, 15) is 9.59 Å². The Morgan fingerprint density at radius 1 is 1.17 bits per heavy atom. The molecule has 0 radical (unpaired) electrons. The number of hydrogen-bond donors (Lipinski definition) is 1. The largest absolute Gasteiger partial charge is 0.483 e. The maximum Gasteiger partial charge on any atom is 0.257 e. The van der Waals surface area contributed by atoms with E-state index in [4.69, 9.17) is 4.74 Å². The van der Waals surface area contributed by atoms with E-state index in [-0.39, 0.29) is 18.3 Å². The number of hydrogen-bond acceptors (Lipinski definition) is 3. The predicted molar refractivity (Wildman–Crippen MR) is 88.8 cm³/mol. The highest BCUT2D eigenvalue weighted by molar-refractivity contribution is 6.01. The number of ether oxygens (including phenoxy) is 1. The third-order valence-corrected chi connectivity index (χ3v) is 4.55. The number of amides is 1. The molecule has 122 valence electrons. The normalized spacial score (nSPS) is 16.7. The van der Waals surface area contributed by atoms with Crippen molar-refractivity contribution in [2.75, 3.05) is 13.2 Å². The highest BCUT2D eigenvalue weighted by atomic mass is 16.5. The summed E-state index contributed by atoms with van der Waals surface area (Å²) in [6, 6.07) is 5.47. The van der Waals surface area contributed by atoms with Crippen LogP contribution in [0, 0.1) is 0 Å². The molecular weight excluding hydrogens is 290 g/mol. The lowest BCUT2D eigenvalue weighted by Crippen LogP contribution is -2.30. The maximum atomic E-state index is 11.9. The molecule has 0 unspecified atom stereocenters. The molecule has 0 atom stereocenters. The van der Waals surface area contributed by atoms with Crippen molar-refractivity contribution < 1.29 is 14.3 Å². The van der Waals surface area contributed by atoms with E-state index >= 15 is 0 Å². The molecule has 0 saturated carbocycles. The molecule has 0 bridgehead atoms. The Morgan fingerprint density at radius 2 is 2.09 bits per heavy atom. The zero-order valence-corrected chi connectivity index (χ0v) is 13.4. The molecule has 2 aliphatic carbocycles. The lowest BCUT2D eigenvalue weighted by molar-refractivity contribution is -0.123. The lowest BCUT2D eigenvalue weighted by Gasteiger charge is -2.13. The number of nitrogens with one attached hydrogen (secondary N) is 1. The third-order valence-electron chi connectivity index (χ3n) is 4.55. The highest BCUT2D eigenvalue weighted by Gasteiger charge is 2.22. The van der Waals surface area contributed by atoms with Gasteiger partial charge in [-0.3, -0.25) is 9.59 Å². The van der Waals surface area contributed by atoms with Gasteiger partial charge < -0.3 is 10.1 Å². The van der Waals surface area contributed by atoms with Crippen molar-refractivity contribution >= 4 is 11.7 Å². The Balaban J connectivity index is 1.44. The Morgan fingerprint density at radius 3 is 2.91 bits per heavy atom. The molecule has 0 fully saturated rings. The zero-order valence-electron chi connectivity index (χ0n) is 13.4. The van der Waals surface area contributed by atoms with Gasteiger partial charge in [-0.05, 0) is 44.6 Å². The fourth-order valence-corrected chi connectivity index (χ4v) is 3.28. The van der Waals surface area contributed by atoms with Gasteiger partial charge >= 0.3 is 0 Å². The Hall–Kier alpha value is -2.10. The minimum Gasteiger partial charge on any atom is -0.483 e. The molecule has 1 N–H and O–H groups in total. The monoisotopic (exact) mass is 313 g/mol. The minimum atomic E-state index is -0.108. The predicted octanol–water partition coefficient (Wildman–Crippen LogP) is 3.20. The van der Waals surface area contributed by atoms with Gasteiger partial charge in [0.05, 0.1) is 0 Å². The van der Waals surface area contributed by atoms with E-state index in [1.165, 1.54) is 24.8 Å². The third kappa shape index (κ3) is 4.01. The van der Waals surface area contributed by atoms with Gasteiger partial charge in [0.25, 0.3) is 5.91 Å². The van der Waals surface area contributed by atoms with Crippen molar-refractivity contribution in [1.29, 1.82) is 0 Å². The van der Waals surface area contributed by atoms with Gasteiger partial charge in [-0.1, -0.05) is 23.8 Å². The topological polar surface area (TPSA) is 55.4 Å². The number of fused-ring (bicyclic) bond motifs is 1. The van der Waals surface area contributed by atoms with Crippen LogP contribution in [0.15, 0.2) is 29.8 Å². The Bertz CT molecular complexity index is 634. The maximum absolute atomic E-state index is 11.9. The fraction of sp³-hybridized carbons (Fsp3) is 0.474. The number of allylic oxidation sites excluding steroid dienone is 1. The number of rotatable bonds is 6. The van der Waals surface area contributed by atoms with E-state index in [0.29, 0.717) is 25.1 Å². The first kappa shape index (κ1) is 15.8. The Kier molecular flexibility index (Phi) is 5.11. The van der Waals surface area contributed by atoms with Crippen LogP contribution in [0.3, 0.4) is 0 Å². The number of carbonyl (C=O) groups is 2. The summed E-state index contributed by atoms with van der Waals surface area (Å²) in [5, 5.41) is 2.90. The molecular formula is C19H23NO3. The smallest absolute Gasteiger partial charge is 0.257 e. The summed E-state index contributed by atoms with van der Waals surface area (Å²) in [7, 11) is 0. The van der Waals surface area contributed by atoms with Gasteiger partial charge in [-0.15, -0.1) is 0 Å². The molecule has 1 aromatic carbocycles. The molecule has 0 spiro atoms. The molecule has 2 aliphatic rings. The van der Waals surface area contributed by atoms with Gasteiger partial charge in [0.1, 0.15) is 5.75 Å². The zero-order chi connectivity index (χ0) is 16.1. The first-order chi connectivity index (χ1) is 11.2. The number of ketones is 1. The van der Waals surface area contributed by atoms with Crippen LogP contribution >= 0.6 is 0 Å². The Labute approximate surface area is 136 Å². The van der Waals surface area contributed by atoms with Crippen molar-refractivity contribution in [3.05, 3.63) is 41.0 Å². The highest BCUT2D eigenvalue weighted by Crippen LogP contribution is 2.30. The SMILES string of the molecule is O=C(COc1cccc2c1CCC2=O)NCCC1=CCCCC1.